The Hall–Kier alpha value is -2.07. The molecule has 0 spiro atoms. The molecular formula is C18H21N3O5S2. The van der Waals surface area contributed by atoms with Gasteiger partial charge in [-0.25, -0.2) is 8.42 Å². The molecule has 28 heavy (non-hydrogen) atoms. The van der Waals surface area contributed by atoms with E-state index in [0.717, 1.165) is 5.56 Å². The van der Waals surface area contributed by atoms with Gasteiger partial charge in [0.2, 0.25) is 11.8 Å². The fourth-order valence-corrected chi connectivity index (χ4v) is 7.01. The molecule has 0 radical (unpaired) electrons. The number of nitrogens with zero attached hydrogens (tertiary/aromatic N) is 1. The second kappa shape index (κ2) is 7.40. The van der Waals surface area contributed by atoms with Crippen molar-refractivity contribution in [1.29, 1.82) is 0 Å². The maximum Gasteiger partial charge on any atom is 0.256 e. The van der Waals surface area contributed by atoms with Crippen molar-refractivity contribution in [3.8, 4) is 0 Å². The highest BCUT2D eigenvalue weighted by molar-refractivity contribution is 7.99. The Labute approximate surface area is 167 Å². The molecule has 0 aromatic heterocycles. The first kappa shape index (κ1) is 19.3. The zero-order valence-corrected chi connectivity index (χ0v) is 16.7. The molecule has 2 fully saturated rings. The number of nitrogens with one attached hydrogen (secondary N) is 2. The predicted molar refractivity (Wildman–Crippen MR) is 104 cm³/mol. The molecule has 1 aromatic carbocycles. The van der Waals surface area contributed by atoms with Gasteiger partial charge in [0.15, 0.2) is 9.84 Å². The van der Waals surface area contributed by atoms with Gasteiger partial charge in [0, 0.05) is 30.3 Å². The van der Waals surface area contributed by atoms with Gasteiger partial charge in [0.05, 0.1) is 11.5 Å². The second-order valence-electron chi connectivity index (χ2n) is 7.21. The Kier molecular flexibility index (Phi) is 5.09. The first-order valence-electron chi connectivity index (χ1n) is 9.16. The maximum absolute atomic E-state index is 12.6. The summed E-state index contributed by atoms with van der Waals surface area (Å²) in [5.74, 6) is -0.0998. The zero-order valence-electron chi connectivity index (χ0n) is 15.1. The Morgan fingerprint density at radius 3 is 2.79 bits per heavy atom. The summed E-state index contributed by atoms with van der Waals surface area (Å²) in [5.41, 5.74) is 1.59. The average molecular weight is 424 g/mol. The van der Waals surface area contributed by atoms with Crippen LogP contribution in [0.15, 0.2) is 24.3 Å². The molecule has 4 rings (SSSR count). The molecule has 3 aliphatic heterocycles. The van der Waals surface area contributed by atoms with E-state index in [1.807, 2.05) is 18.2 Å². The molecule has 2 saturated heterocycles. The van der Waals surface area contributed by atoms with Crippen molar-refractivity contribution in [2.75, 3.05) is 23.8 Å². The maximum atomic E-state index is 12.6. The summed E-state index contributed by atoms with van der Waals surface area (Å²) in [6.07, 6.45) is 0.499. The third-order valence-electron chi connectivity index (χ3n) is 5.24. The Morgan fingerprint density at radius 2 is 2.04 bits per heavy atom. The minimum atomic E-state index is -3.05. The van der Waals surface area contributed by atoms with Crippen LogP contribution in [0.5, 0.6) is 0 Å². The normalized spacial score (nSPS) is 27.4. The van der Waals surface area contributed by atoms with Crippen molar-refractivity contribution >= 4 is 39.3 Å². The standard InChI is InChI=1S/C18H21N3O5S2/c22-15(20-11-6-8-28(25,26)10-11)5-7-19-16(23)14-9-27-18-13-4-2-1-3-12(13)17(24)21(14)18/h1-4,11,14,18H,5-10H2,(H,19,23)(H,20,22). The fourth-order valence-electron chi connectivity index (χ4n) is 3.87. The lowest BCUT2D eigenvalue weighted by molar-refractivity contribution is -0.125. The number of hydrogen-bond acceptors (Lipinski definition) is 6. The summed E-state index contributed by atoms with van der Waals surface area (Å²) in [6.45, 7) is 0.144. The van der Waals surface area contributed by atoms with E-state index in [4.69, 9.17) is 0 Å². The quantitative estimate of drug-likeness (QED) is 0.693. The minimum Gasteiger partial charge on any atom is -0.354 e. The molecule has 3 unspecified atom stereocenters. The Balaban J connectivity index is 1.27. The first-order valence-corrected chi connectivity index (χ1v) is 12.0. The minimum absolute atomic E-state index is 0.0244. The van der Waals surface area contributed by atoms with Crippen LogP contribution in [0.4, 0.5) is 0 Å². The first-order chi connectivity index (χ1) is 13.4. The predicted octanol–water partition coefficient (Wildman–Crippen LogP) is 0.0660. The van der Waals surface area contributed by atoms with Gasteiger partial charge in [-0.1, -0.05) is 18.2 Å². The van der Waals surface area contributed by atoms with E-state index in [1.165, 1.54) is 0 Å². The van der Waals surface area contributed by atoms with E-state index in [0.29, 0.717) is 17.7 Å². The summed E-state index contributed by atoms with van der Waals surface area (Å²) in [5, 5.41) is 5.29. The van der Waals surface area contributed by atoms with E-state index in [2.05, 4.69) is 10.6 Å². The van der Waals surface area contributed by atoms with Crippen molar-refractivity contribution in [2.24, 2.45) is 0 Å². The highest BCUT2D eigenvalue weighted by Crippen LogP contribution is 2.47. The second-order valence-corrected chi connectivity index (χ2v) is 10.6. The summed E-state index contributed by atoms with van der Waals surface area (Å²) in [6, 6.07) is 6.49. The van der Waals surface area contributed by atoms with Crippen LogP contribution in [0, 0.1) is 0 Å². The van der Waals surface area contributed by atoms with Crippen LogP contribution in [0.1, 0.15) is 34.1 Å². The van der Waals surface area contributed by atoms with Gasteiger partial charge >= 0.3 is 0 Å². The number of amides is 3. The van der Waals surface area contributed by atoms with Crippen molar-refractivity contribution < 1.29 is 22.8 Å². The molecular weight excluding hydrogens is 402 g/mol. The van der Waals surface area contributed by atoms with Gasteiger partial charge in [-0.2, -0.15) is 0 Å². The number of benzene rings is 1. The fraction of sp³-hybridized carbons (Fsp3) is 0.500. The van der Waals surface area contributed by atoms with Crippen LogP contribution < -0.4 is 10.6 Å². The smallest absolute Gasteiger partial charge is 0.256 e. The number of carbonyl (C=O) groups is 3. The average Bonchev–Trinajstić information content (AvgIpc) is 3.30. The number of rotatable bonds is 5. The van der Waals surface area contributed by atoms with Crippen LogP contribution in [-0.4, -0.2) is 66.9 Å². The van der Waals surface area contributed by atoms with E-state index >= 15 is 0 Å². The molecule has 10 heteroatoms. The van der Waals surface area contributed by atoms with Crippen LogP contribution in [0.2, 0.25) is 0 Å². The molecule has 1 aromatic rings. The highest BCUT2D eigenvalue weighted by atomic mass is 32.2. The van der Waals surface area contributed by atoms with Gasteiger partial charge in [-0.15, -0.1) is 11.8 Å². The Morgan fingerprint density at radius 1 is 1.25 bits per heavy atom. The summed E-state index contributed by atoms with van der Waals surface area (Å²) in [4.78, 5) is 38.8. The van der Waals surface area contributed by atoms with Crippen molar-refractivity contribution in [3.05, 3.63) is 35.4 Å². The third kappa shape index (κ3) is 3.62. The number of thioether (sulfide) groups is 1. The van der Waals surface area contributed by atoms with Gasteiger partial charge in [0.25, 0.3) is 5.91 Å². The molecule has 8 nitrogen and oxygen atoms in total. The molecule has 2 N–H and O–H groups in total. The lowest BCUT2D eigenvalue weighted by Gasteiger charge is -2.22. The van der Waals surface area contributed by atoms with Crippen LogP contribution in [0.3, 0.4) is 0 Å². The van der Waals surface area contributed by atoms with E-state index in [-0.39, 0.29) is 53.6 Å². The molecule has 3 amide bonds. The lowest BCUT2D eigenvalue weighted by atomic mass is 10.1. The van der Waals surface area contributed by atoms with Crippen molar-refractivity contribution in [1.82, 2.24) is 15.5 Å². The van der Waals surface area contributed by atoms with Gasteiger partial charge in [-0.05, 0) is 18.1 Å². The summed E-state index contributed by atoms with van der Waals surface area (Å²) < 4.78 is 22.9. The molecule has 0 bridgehead atoms. The summed E-state index contributed by atoms with van der Waals surface area (Å²) >= 11 is 1.56. The summed E-state index contributed by atoms with van der Waals surface area (Å²) in [7, 11) is -3.05. The molecule has 0 saturated carbocycles. The third-order valence-corrected chi connectivity index (χ3v) is 8.32. The van der Waals surface area contributed by atoms with E-state index < -0.39 is 15.9 Å². The topological polar surface area (TPSA) is 113 Å². The van der Waals surface area contributed by atoms with Gasteiger partial charge in [0.1, 0.15) is 11.4 Å². The van der Waals surface area contributed by atoms with E-state index in [1.54, 1.807) is 22.7 Å². The van der Waals surface area contributed by atoms with Gasteiger partial charge in [-0.3, -0.25) is 14.4 Å². The van der Waals surface area contributed by atoms with Crippen LogP contribution in [0.25, 0.3) is 0 Å². The van der Waals surface area contributed by atoms with Crippen molar-refractivity contribution in [2.45, 2.75) is 30.3 Å². The number of carbonyl (C=O) groups excluding carboxylic acids is 3. The zero-order chi connectivity index (χ0) is 19.9. The number of hydrogen-bond donors (Lipinski definition) is 2. The molecule has 3 heterocycles. The molecule has 150 valence electrons. The molecule has 0 aliphatic carbocycles. The number of sulfone groups is 1. The van der Waals surface area contributed by atoms with Gasteiger partial charge < -0.3 is 15.5 Å². The molecule has 3 aliphatic rings. The highest BCUT2D eigenvalue weighted by Gasteiger charge is 2.48. The van der Waals surface area contributed by atoms with E-state index in [9.17, 15) is 22.8 Å². The largest absolute Gasteiger partial charge is 0.354 e. The molecule has 3 atom stereocenters. The van der Waals surface area contributed by atoms with Crippen molar-refractivity contribution in [3.63, 3.8) is 0 Å². The number of fused-ring (bicyclic) bond motifs is 3. The SMILES string of the molecule is O=C(CCNC(=O)C1CSC2c3ccccc3C(=O)N12)NC1CCS(=O)(=O)C1. The lowest BCUT2D eigenvalue weighted by Crippen LogP contribution is -2.47. The van der Waals surface area contributed by atoms with Crippen LogP contribution >= 0.6 is 11.8 Å². The Bertz CT molecular complexity index is 933. The van der Waals surface area contributed by atoms with Crippen LogP contribution in [-0.2, 0) is 19.4 Å². The monoisotopic (exact) mass is 423 g/mol.